The molecule has 0 bridgehead atoms. The van der Waals surface area contributed by atoms with E-state index in [1.165, 1.54) is 5.56 Å². The third kappa shape index (κ3) is 5.89. The number of amides is 2. The van der Waals surface area contributed by atoms with Gasteiger partial charge < -0.3 is 19.7 Å². The molecule has 2 atom stereocenters. The summed E-state index contributed by atoms with van der Waals surface area (Å²) in [5, 5.41) is 2.90. The number of nitrogens with one attached hydrogen (secondary N) is 1. The molecule has 0 aliphatic carbocycles. The highest BCUT2D eigenvalue weighted by Crippen LogP contribution is 2.29. The van der Waals surface area contributed by atoms with Gasteiger partial charge in [-0.1, -0.05) is 80.6 Å². The fourth-order valence-electron chi connectivity index (χ4n) is 4.25. The van der Waals surface area contributed by atoms with Crippen LogP contribution in [0, 0.1) is 0 Å². The van der Waals surface area contributed by atoms with Gasteiger partial charge in [-0.05, 0) is 40.3 Å². The molecule has 1 N–H and O–H groups in total. The molecular weight excluding hydrogens is 440 g/mol. The number of methoxy groups -OCH3 is 1. The Kier molecular flexibility index (Phi) is 7.83. The van der Waals surface area contributed by atoms with Gasteiger partial charge in [0.2, 0.25) is 11.8 Å². The molecule has 1 aliphatic rings. The van der Waals surface area contributed by atoms with Crippen LogP contribution in [0.25, 0.3) is 0 Å². The van der Waals surface area contributed by atoms with Gasteiger partial charge in [-0.2, -0.15) is 0 Å². The second-order valence-electron chi connectivity index (χ2n) is 9.10. The van der Waals surface area contributed by atoms with Crippen molar-refractivity contribution in [2.24, 2.45) is 0 Å². The zero-order valence-electron chi connectivity index (χ0n) is 20.4. The van der Waals surface area contributed by atoms with Crippen LogP contribution in [-0.4, -0.2) is 36.5 Å². The number of nitrogens with zero attached hydrogens (tertiary/aromatic N) is 1. The average molecular weight is 473 g/mol. The molecule has 6 nitrogen and oxygen atoms in total. The summed E-state index contributed by atoms with van der Waals surface area (Å²) in [6, 6.07) is 23.8. The lowest BCUT2D eigenvalue weighted by atomic mass is 9.95. The second-order valence-corrected chi connectivity index (χ2v) is 9.10. The molecule has 4 rings (SSSR count). The highest BCUT2D eigenvalue weighted by Gasteiger charge is 2.41. The zero-order valence-corrected chi connectivity index (χ0v) is 20.4. The summed E-state index contributed by atoms with van der Waals surface area (Å²) < 4.78 is 11.1. The van der Waals surface area contributed by atoms with E-state index in [1.54, 1.807) is 12.0 Å². The van der Waals surface area contributed by atoms with Crippen LogP contribution in [0.3, 0.4) is 0 Å². The number of rotatable bonds is 9. The first-order chi connectivity index (χ1) is 17.0. The zero-order chi connectivity index (χ0) is 24.8. The molecule has 35 heavy (non-hydrogen) atoms. The Morgan fingerprint density at radius 1 is 0.886 bits per heavy atom. The van der Waals surface area contributed by atoms with E-state index in [2.05, 4.69) is 19.2 Å². The first-order valence-electron chi connectivity index (χ1n) is 11.9. The van der Waals surface area contributed by atoms with Gasteiger partial charge in [-0.3, -0.25) is 9.59 Å². The van der Waals surface area contributed by atoms with Crippen LogP contribution in [0.15, 0.2) is 78.9 Å². The van der Waals surface area contributed by atoms with Crippen LogP contribution in [-0.2, 0) is 27.5 Å². The number of carbonyl (C=O) groups is 2. The summed E-state index contributed by atoms with van der Waals surface area (Å²) in [6.07, 6.45) is 0. The standard InChI is InChI=1S/C29H32N2O4/c1-20(2)23-11-13-24(14-12-23)27-28(32)30-26(19-35-18-22-7-5-4-6-8-22)29(33)31(27)17-21-9-15-25(34-3)16-10-21/h4-16,20,26-27H,17-19H2,1-3H3,(H,30,32). The van der Waals surface area contributed by atoms with Gasteiger partial charge in [0.15, 0.2) is 0 Å². The fraction of sp³-hybridized carbons (Fsp3) is 0.310. The summed E-state index contributed by atoms with van der Waals surface area (Å²) >= 11 is 0. The summed E-state index contributed by atoms with van der Waals surface area (Å²) in [6.45, 7) is 5.04. The molecule has 0 spiro atoms. The molecule has 2 unspecified atom stereocenters. The average Bonchev–Trinajstić information content (AvgIpc) is 2.88. The van der Waals surface area contributed by atoms with Crippen LogP contribution in [0.5, 0.6) is 5.75 Å². The van der Waals surface area contributed by atoms with Crippen molar-refractivity contribution in [3.8, 4) is 5.75 Å². The van der Waals surface area contributed by atoms with Crippen molar-refractivity contribution < 1.29 is 19.1 Å². The van der Waals surface area contributed by atoms with E-state index >= 15 is 0 Å². The predicted octanol–water partition coefficient (Wildman–Crippen LogP) is 4.60. The molecule has 1 aliphatic heterocycles. The molecular formula is C29H32N2O4. The number of carbonyl (C=O) groups excluding carboxylic acids is 2. The number of hydrogen-bond acceptors (Lipinski definition) is 4. The van der Waals surface area contributed by atoms with Crippen LogP contribution in [0.2, 0.25) is 0 Å². The molecule has 1 heterocycles. The summed E-state index contributed by atoms with van der Waals surface area (Å²) in [4.78, 5) is 28.6. The molecule has 182 valence electrons. The van der Waals surface area contributed by atoms with Crippen molar-refractivity contribution in [2.75, 3.05) is 13.7 Å². The summed E-state index contributed by atoms with van der Waals surface area (Å²) in [5.74, 6) is 0.757. The minimum atomic E-state index is -0.740. The van der Waals surface area contributed by atoms with E-state index in [9.17, 15) is 9.59 Å². The van der Waals surface area contributed by atoms with Crippen LogP contribution in [0.4, 0.5) is 0 Å². The molecule has 0 aromatic heterocycles. The first kappa shape index (κ1) is 24.5. The van der Waals surface area contributed by atoms with Gasteiger partial charge in [0.1, 0.15) is 17.8 Å². The minimum absolute atomic E-state index is 0.109. The van der Waals surface area contributed by atoms with Crippen molar-refractivity contribution >= 4 is 11.8 Å². The van der Waals surface area contributed by atoms with E-state index in [0.29, 0.717) is 19.1 Å². The normalized spacial score (nSPS) is 18.0. The summed E-state index contributed by atoms with van der Waals surface area (Å²) in [7, 11) is 1.62. The quantitative estimate of drug-likeness (QED) is 0.494. The number of ether oxygens (including phenoxy) is 2. The van der Waals surface area contributed by atoms with Crippen molar-refractivity contribution in [2.45, 2.75) is 45.0 Å². The largest absolute Gasteiger partial charge is 0.497 e. The Hall–Kier alpha value is -3.64. The third-order valence-electron chi connectivity index (χ3n) is 6.28. The third-order valence-corrected chi connectivity index (χ3v) is 6.28. The highest BCUT2D eigenvalue weighted by atomic mass is 16.5. The Balaban J connectivity index is 1.56. The maximum Gasteiger partial charge on any atom is 0.248 e. The maximum atomic E-state index is 13.6. The molecule has 6 heteroatoms. The maximum absolute atomic E-state index is 13.6. The van der Waals surface area contributed by atoms with Crippen molar-refractivity contribution in [1.29, 1.82) is 0 Å². The molecule has 0 radical (unpaired) electrons. The molecule has 2 amide bonds. The number of benzene rings is 3. The van der Waals surface area contributed by atoms with Crippen molar-refractivity contribution in [3.05, 3.63) is 101 Å². The van der Waals surface area contributed by atoms with Crippen LogP contribution < -0.4 is 10.1 Å². The number of hydrogen-bond donors (Lipinski definition) is 1. The lowest BCUT2D eigenvalue weighted by molar-refractivity contribution is -0.152. The van der Waals surface area contributed by atoms with Gasteiger partial charge in [0.05, 0.1) is 20.3 Å². The lowest BCUT2D eigenvalue weighted by Crippen LogP contribution is -2.60. The Morgan fingerprint density at radius 3 is 2.20 bits per heavy atom. The van der Waals surface area contributed by atoms with E-state index in [4.69, 9.17) is 9.47 Å². The minimum Gasteiger partial charge on any atom is -0.497 e. The molecule has 3 aromatic rings. The van der Waals surface area contributed by atoms with Crippen LogP contribution in [0.1, 0.15) is 48.1 Å². The fourth-order valence-corrected chi connectivity index (χ4v) is 4.25. The first-order valence-corrected chi connectivity index (χ1v) is 11.9. The highest BCUT2D eigenvalue weighted by molar-refractivity contribution is 5.97. The Morgan fingerprint density at radius 2 is 1.57 bits per heavy atom. The summed E-state index contributed by atoms with van der Waals surface area (Å²) in [5.41, 5.74) is 3.91. The monoisotopic (exact) mass is 472 g/mol. The SMILES string of the molecule is COc1ccc(CN2C(=O)C(COCc3ccccc3)NC(=O)C2c2ccc(C(C)C)cc2)cc1. The molecule has 3 aromatic carbocycles. The topological polar surface area (TPSA) is 67.9 Å². The number of piperazine rings is 1. The second kappa shape index (κ2) is 11.2. The van der Waals surface area contributed by atoms with E-state index in [0.717, 1.165) is 22.4 Å². The molecule has 0 saturated carbocycles. The van der Waals surface area contributed by atoms with E-state index in [1.807, 2.05) is 78.9 Å². The van der Waals surface area contributed by atoms with E-state index in [-0.39, 0.29) is 18.4 Å². The van der Waals surface area contributed by atoms with Crippen molar-refractivity contribution in [3.63, 3.8) is 0 Å². The van der Waals surface area contributed by atoms with Crippen LogP contribution >= 0.6 is 0 Å². The Labute approximate surface area is 206 Å². The van der Waals surface area contributed by atoms with Gasteiger partial charge in [-0.15, -0.1) is 0 Å². The lowest BCUT2D eigenvalue weighted by Gasteiger charge is -2.39. The molecule has 1 fully saturated rings. The van der Waals surface area contributed by atoms with Gasteiger partial charge in [0, 0.05) is 6.54 Å². The predicted molar refractivity (Wildman–Crippen MR) is 135 cm³/mol. The van der Waals surface area contributed by atoms with Gasteiger partial charge >= 0.3 is 0 Å². The van der Waals surface area contributed by atoms with Gasteiger partial charge in [0.25, 0.3) is 0 Å². The Bertz CT molecular complexity index is 1130. The van der Waals surface area contributed by atoms with Crippen molar-refractivity contribution in [1.82, 2.24) is 10.2 Å². The smallest absolute Gasteiger partial charge is 0.248 e. The van der Waals surface area contributed by atoms with Gasteiger partial charge in [-0.25, -0.2) is 0 Å². The molecule has 1 saturated heterocycles. The van der Waals surface area contributed by atoms with E-state index < -0.39 is 12.1 Å².